The number of Topliss-reactive ketones (excluding diaryl/α,β-unsaturated/α-hetero) is 1. The first-order chi connectivity index (χ1) is 9.47. The molecular formula is C15H15NO3S. The number of sulfone groups is 1. The van der Waals surface area contributed by atoms with Crippen molar-refractivity contribution in [2.45, 2.75) is 24.2 Å². The van der Waals surface area contributed by atoms with E-state index in [1.165, 1.54) is 6.26 Å². The Labute approximate surface area is 117 Å². The second kappa shape index (κ2) is 4.59. The minimum Gasteiger partial charge on any atom is -0.360 e. The van der Waals surface area contributed by atoms with Crippen LogP contribution in [0.1, 0.15) is 28.8 Å². The quantitative estimate of drug-likeness (QED) is 0.924. The summed E-state index contributed by atoms with van der Waals surface area (Å²) in [6.45, 7) is 0. The molecule has 0 spiro atoms. The molecule has 20 heavy (non-hydrogen) atoms. The number of rotatable bonds is 2. The molecule has 0 bridgehead atoms. The van der Waals surface area contributed by atoms with Gasteiger partial charge in [0, 0.05) is 30.1 Å². The van der Waals surface area contributed by atoms with Crippen molar-refractivity contribution in [3.05, 3.63) is 41.6 Å². The number of nitrogens with one attached hydrogen (secondary N) is 1. The normalized spacial score (nSPS) is 15.2. The maximum atomic E-state index is 11.8. The maximum absolute atomic E-state index is 11.8. The van der Waals surface area contributed by atoms with Gasteiger partial charge in [0.2, 0.25) is 0 Å². The van der Waals surface area contributed by atoms with Gasteiger partial charge in [-0.1, -0.05) is 12.1 Å². The summed E-state index contributed by atoms with van der Waals surface area (Å²) in [5.74, 6) is 0.182. The Morgan fingerprint density at radius 3 is 2.45 bits per heavy atom. The van der Waals surface area contributed by atoms with Crippen LogP contribution in [0.3, 0.4) is 0 Å². The molecule has 1 N–H and O–H groups in total. The van der Waals surface area contributed by atoms with Crippen molar-refractivity contribution in [2.75, 3.05) is 6.26 Å². The number of aromatic nitrogens is 1. The zero-order valence-corrected chi connectivity index (χ0v) is 12.0. The van der Waals surface area contributed by atoms with Crippen LogP contribution in [0.4, 0.5) is 0 Å². The van der Waals surface area contributed by atoms with E-state index >= 15 is 0 Å². The molecule has 0 amide bonds. The second-order valence-electron chi connectivity index (χ2n) is 5.13. The molecule has 5 heteroatoms. The smallest absolute Gasteiger partial charge is 0.175 e. The van der Waals surface area contributed by atoms with Crippen molar-refractivity contribution in [1.82, 2.24) is 4.98 Å². The van der Waals surface area contributed by atoms with E-state index in [0.717, 1.165) is 35.2 Å². The van der Waals surface area contributed by atoms with Crippen LogP contribution in [0.5, 0.6) is 0 Å². The summed E-state index contributed by atoms with van der Waals surface area (Å²) in [5.41, 5.74) is 3.66. The van der Waals surface area contributed by atoms with E-state index in [0.29, 0.717) is 11.3 Å². The molecule has 1 aliphatic rings. The molecule has 0 radical (unpaired) electrons. The molecule has 2 aromatic rings. The van der Waals surface area contributed by atoms with Crippen molar-refractivity contribution >= 4 is 15.6 Å². The summed E-state index contributed by atoms with van der Waals surface area (Å²) in [6.07, 6.45) is 5.32. The Hall–Kier alpha value is -1.88. The predicted octanol–water partition coefficient (Wildman–Crippen LogP) is 2.60. The Morgan fingerprint density at radius 2 is 1.80 bits per heavy atom. The second-order valence-corrected chi connectivity index (χ2v) is 7.14. The number of hydrogen-bond donors (Lipinski definition) is 1. The van der Waals surface area contributed by atoms with Crippen LogP contribution in [0.2, 0.25) is 0 Å². The van der Waals surface area contributed by atoms with Crippen LogP contribution in [-0.2, 0) is 16.3 Å². The van der Waals surface area contributed by atoms with Gasteiger partial charge in [0.1, 0.15) is 0 Å². The molecule has 0 saturated carbocycles. The van der Waals surface area contributed by atoms with Gasteiger partial charge in [-0.2, -0.15) is 0 Å². The van der Waals surface area contributed by atoms with Gasteiger partial charge < -0.3 is 4.98 Å². The lowest BCUT2D eigenvalue weighted by atomic mass is 9.91. The first-order valence-corrected chi connectivity index (χ1v) is 8.40. The lowest BCUT2D eigenvalue weighted by Gasteiger charge is -2.12. The van der Waals surface area contributed by atoms with Crippen molar-refractivity contribution in [1.29, 1.82) is 0 Å². The standard InChI is InChI=1S/C15H15NO3S/c1-20(18,19)11-7-5-10(6-8-11)15-12-3-2-4-14(17)13(12)9-16-15/h5-9,16H,2-4H2,1H3. The summed E-state index contributed by atoms with van der Waals surface area (Å²) in [4.78, 5) is 15.3. The molecule has 1 heterocycles. The van der Waals surface area contributed by atoms with E-state index in [9.17, 15) is 13.2 Å². The molecule has 1 aromatic heterocycles. The highest BCUT2D eigenvalue weighted by molar-refractivity contribution is 7.90. The maximum Gasteiger partial charge on any atom is 0.175 e. The Bertz CT molecular complexity index is 770. The highest BCUT2D eigenvalue weighted by atomic mass is 32.2. The molecule has 0 atom stereocenters. The van der Waals surface area contributed by atoms with E-state index in [2.05, 4.69) is 4.98 Å². The van der Waals surface area contributed by atoms with Gasteiger partial charge in [0.05, 0.1) is 4.90 Å². The SMILES string of the molecule is CS(=O)(=O)c1ccc(-c2[nH]cc3c2CCCC3=O)cc1. The van der Waals surface area contributed by atoms with Crippen LogP contribution >= 0.6 is 0 Å². The van der Waals surface area contributed by atoms with Crippen molar-refractivity contribution in [2.24, 2.45) is 0 Å². The molecule has 104 valence electrons. The van der Waals surface area contributed by atoms with E-state index in [1.807, 2.05) is 0 Å². The van der Waals surface area contributed by atoms with E-state index in [4.69, 9.17) is 0 Å². The minimum absolute atomic E-state index is 0.182. The number of aromatic amines is 1. The van der Waals surface area contributed by atoms with Crippen molar-refractivity contribution in [3.63, 3.8) is 0 Å². The van der Waals surface area contributed by atoms with Gasteiger partial charge in [-0.25, -0.2) is 8.42 Å². The number of H-pyrrole nitrogens is 1. The third-order valence-corrected chi connectivity index (χ3v) is 4.82. The third-order valence-electron chi connectivity index (χ3n) is 3.69. The van der Waals surface area contributed by atoms with Gasteiger partial charge >= 0.3 is 0 Å². The molecule has 0 unspecified atom stereocenters. The van der Waals surface area contributed by atoms with Crippen LogP contribution in [0, 0.1) is 0 Å². The molecule has 0 aliphatic heterocycles. The zero-order valence-electron chi connectivity index (χ0n) is 11.1. The lowest BCUT2D eigenvalue weighted by Crippen LogP contribution is -2.08. The predicted molar refractivity (Wildman–Crippen MR) is 76.6 cm³/mol. The average Bonchev–Trinajstić information content (AvgIpc) is 2.83. The number of ketones is 1. The fourth-order valence-electron chi connectivity index (χ4n) is 2.65. The van der Waals surface area contributed by atoms with Crippen molar-refractivity contribution in [3.8, 4) is 11.3 Å². The lowest BCUT2D eigenvalue weighted by molar-refractivity contribution is 0.0973. The fourth-order valence-corrected chi connectivity index (χ4v) is 3.28. The van der Waals surface area contributed by atoms with Gasteiger partial charge in [-0.05, 0) is 36.1 Å². The highest BCUT2D eigenvalue weighted by Gasteiger charge is 2.22. The largest absolute Gasteiger partial charge is 0.360 e. The summed E-state index contributed by atoms with van der Waals surface area (Å²) in [6, 6.07) is 6.76. The van der Waals surface area contributed by atoms with E-state index < -0.39 is 9.84 Å². The molecule has 4 nitrogen and oxygen atoms in total. The Balaban J connectivity index is 2.04. The monoisotopic (exact) mass is 289 g/mol. The number of benzene rings is 1. The molecule has 3 rings (SSSR count). The topological polar surface area (TPSA) is 67.0 Å². The first-order valence-electron chi connectivity index (χ1n) is 6.51. The number of hydrogen-bond acceptors (Lipinski definition) is 3. The summed E-state index contributed by atoms with van der Waals surface area (Å²) >= 11 is 0. The first kappa shape index (κ1) is 13.1. The summed E-state index contributed by atoms with van der Waals surface area (Å²) in [5, 5.41) is 0. The number of carbonyl (C=O) groups is 1. The average molecular weight is 289 g/mol. The molecule has 0 saturated heterocycles. The highest BCUT2D eigenvalue weighted by Crippen LogP contribution is 2.31. The van der Waals surface area contributed by atoms with Crippen LogP contribution in [0.25, 0.3) is 11.3 Å². The van der Waals surface area contributed by atoms with Gasteiger partial charge in [0.25, 0.3) is 0 Å². The minimum atomic E-state index is -3.18. The van der Waals surface area contributed by atoms with Gasteiger partial charge in [-0.15, -0.1) is 0 Å². The van der Waals surface area contributed by atoms with E-state index in [-0.39, 0.29) is 5.78 Å². The molecule has 1 aliphatic carbocycles. The Morgan fingerprint density at radius 1 is 1.10 bits per heavy atom. The zero-order chi connectivity index (χ0) is 14.3. The van der Waals surface area contributed by atoms with Crippen molar-refractivity contribution < 1.29 is 13.2 Å². The van der Waals surface area contributed by atoms with Gasteiger partial charge in [0.15, 0.2) is 15.6 Å². The summed E-state index contributed by atoms with van der Waals surface area (Å²) in [7, 11) is -3.18. The van der Waals surface area contributed by atoms with E-state index in [1.54, 1.807) is 30.5 Å². The summed E-state index contributed by atoms with van der Waals surface area (Å²) < 4.78 is 22.9. The Kier molecular flexibility index (Phi) is 3.01. The van der Waals surface area contributed by atoms with Crippen LogP contribution in [-0.4, -0.2) is 25.4 Å². The van der Waals surface area contributed by atoms with Crippen LogP contribution in [0.15, 0.2) is 35.4 Å². The van der Waals surface area contributed by atoms with Gasteiger partial charge in [-0.3, -0.25) is 4.79 Å². The number of fused-ring (bicyclic) bond motifs is 1. The fraction of sp³-hybridized carbons (Fsp3) is 0.267. The molecular weight excluding hydrogens is 274 g/mol. The third kappa shape index (κ3) is 2.18. The number of carbonyl (C=O) groups excluding carboxylic acids is 1. The van der Waals surface area contributed by atoms with Crippen LogP contribution < -0.4 is 0 Å². The molecule has 0 fully saturated rings. The molecule has 1 aromatic carbocycles.